The van der Waals surface area contributed by atoms with E-state index >= 15 is 0 Å². The Morgan fingerprint density at radius 3 is 2.64 bits per heavy atom. The molecule has 0 aliphatic heterocycles. The van der Waals surface area contributed by atoms with Gasteiger partial charge in [-0.15, -0.1) is 11.3 Å². The minimum Gasteiger partial charge on any atom is -0.302 e. The number of carbonyl (C=O) groups is 2. The smallest absolute Gasteiger partial charge is 0.231 e. The molecule has 4 rings (SSSR count). The van der Waals surface area contributed by atoms with E-state index in [0.29, 0.717) is 10.8 Å². The lowest BCUT2D eigenvalue weighted by Crippen LogP contribution is -2.16. The van der Waals surface area contributed by atoms with Crippen molar-refractivity contribution in [3.05, 3.63) is 72.0 Å². The molecule has 0 aliphatic rings. The van der Waals surface area contributed by atoms with E-state index in [1.54, 1.807) is 28.3 Å². The zero-order chi connectivity index (χ0) is 19.5. The second-order valence-electron chi connectivity index (χ2n) is 6.23. The number of hydrogen-bond acceptors (Lipinski definition) is 4. The number of fused-ring (bicyclic) bond motifs is 1. The molecule has 0 saturated carbocycles. The number of nitrogens with one attached hydrogen (secondary N) is 1. The molecule has 0 spiro atoms. The highest BCUT2D eigenvalue weighted by atomic mass is 32.1. The Kier molecular flexibility index (Phi) is 4.99. The van der Waals surface area contributed by atoms with Crippen molar-refractivity contribution in [3.8, 4) is 11.3 Å². The van der Waals surface area contributed by atoms with Gasteiger partial charge in [-0.3, -0.25) is 14.2 Å². The van der Waals surface area contributed by atoms with Gasteiger partial charge in [0, 0.05) is 35.4 Å². The summed E-state index contributed by atoms with van der Waals surface area (Å²) in [6, 6.07) is 15.5. The van der Waals surface area contributed by atoms with Gasteiger partial charge in [0.1, 0.15) is 5.82 Å². The molecule has 0 atom stereocenters. The molecule has 0 bridgehead atoms. The first kappa shape index (κ1) is 18.1. The molecule has 140 valence electrons. The first-order valence-corrected chi connectivity index (χ1v) is 9.59. The van der Waals surface area contributed by atoms with Crippen LogP contribution in [0.4, 0.5) is 9.52 Å². The van der Waals surface area contributed by atoms with Crippen LogP contribution in [0.2, 0.25) is 0 Å². The molecule has 4 aromatic rings. The summed E-state index contributed by atoms with van der Waals surface area (Å²) in [6.45, 7) is 0. The molecule has 0 saturated heterocycles. The predicted molar refractivity (Wildman–Crippen MR) is 108 cm³/mol. The summed E-state index contributed by atoms with van der Waals surface area (Å²) in [7, 11) is 0. The number of aromatic nitrogens is 2. The summed E-state index contributed by atoms with van der Waals surface area (Å²) < 4.78 is 14.6. The number of para-hydroxylation sites is 1. The number of nitrogens with zero attached hydrogens (tertiary/aromatic N) is 2. The number of amides is 1. The standard InChI is InChI=1S/C21H16FN3O2S/c22-16-7-5-14(6-8-16)17-13-28-21(23-17)24-19(26)9-10-20(27)25-12-11-15-3-1-2-4-18(15)25/h1-8,11-13H,9-10H2,(H,23,24,26). The van der Waals surface area contributed by atoms with Gasteiger partial charge in [-0.25, -0.2) is 9.37 Å². The molecule has 5 nitrogen and oxygen atoms in total. The van der Waals surface area contributed by atoms with Crippen molar-refractivity contribution in [1.29, 1.82) is 0 Å². The van der Waals surface area contributed by atoms with Gasteiger partial charge in [-0.1, -0.05) is 18.2 Å². The minimum atomic E-state index is -0.312. The van der Waals surface area contributed by atoms with Crippen LogP contribution >= 0.6 is 11.3 Å². The van der Waals surface area contributed by atoms with E-state index in [4.69, 9.17) is 0 Å². The van der Waals surface area contributed by atoms with Crippen LogP contribution in [-0.2, 0) is 4.79 Å². The third-order valence-corrected chi connectivity index (χ3v) is 5.08. The number of rotatable bonds is 5. The zero-order valence-corrected chi connectivity index (χ0v) is 15.6. The molecule has 1 amide bonds. The number of hydrogen-bond donors (Lipinski definition) is 1. The van der Waals surface area contributed by atoms with Crippen LogP contribution in [0.5, 0.6) is 0 Å². The van der Waals surface area contributed by atoms with Crippen LogP contribution in [0.1, 0.15) is 17.6 Å². The summed E-state index contributed by atoms with van der Waals surface area (Å²) in [5.74, 6) is -0.722. The molecule has 0 aliphatic carbocycles. The lowest BCUT2D eigenvalue weighted by Gasteiger charge is -2.04. The molecule has 1 N–H and O–H groups in total. The molecule has 2 heterocycles. The van der Waals surface area contributed by atoms with E-state index in [1.165, 1.54) is 23.5 Å². The third-order valence-electron chi connectivity index (χ3n) is 4.32. The third kappa shape index (κ3) is 3.84. The highest BCUT2D eigenvalue weighted by Crippen LogP contribution is 2.25. The van der Waals surface area contributed by atoms with Crippen LogP contribution < -0.4 is 5.32 Å². The molecule has 28 heavy (non-hydrogen) atoms. The van der Waals surface area contributed by atoms with E-state index < -0.39 is 0 Å². The van der Waals surface area contributed by atoms with Crippen LogP contribution in [0.3, 0.4) is 0 Å². The lowest BCUT2D eigenvalue weighted by molar-refractivity contribution is -0.116. The Morgan fingerprint density at radius 2 is 1.82 bits per heavy atom. The summed E-state index contributed by atoms with van der Waals surface area (Å²) >= 11 is 1.28. The fraction of sp³-hybridized carbons (Fsp3) is 0.0952. The molecular weight excluding hydrogens is 377 g/mol. The number of halogens is 1. The van der Waals surface area contributed by atoms with Crippen molar-refractivity contribution in [1.82, 2.24) is 9.55 Å². The second-order valence-corrected chi connectivity index (χ2v) is 7.09. The van der Waals surface area contributed by atoms with Gasteiger partial charge in [0.05, 0.1) is 11.2 Å². The Labute approximate surface area is 164 Å². The van der Waals surface area contributed by atoms with Crippen LogP contribution in [-0.4, -0.2) is 21.4 Å². The summed E-state index contributed by atoms with van der Waals surface area (Å²) in [6.07, 6.45) is 1.89. The van der Waals surface area contributed by atoms with Gasteiger partial charge in [0.15, 0.2) is 5.13 Å². The van der Waals surface area contributed by atoms with Gasteiger partial charge >= 0.3 is 0 Å². The maximum Gasteiger partial charge on any atom is 0.231 e. The Balaban J connectivity index is 1.36. The van der Waals surface area contributed by atoms with Gasteiger partial charge in [0.2, 0.25) is 11.8 Å². The van der Waals surface area contributed by atoms with Gasteiger partial charge < -0.3 is 5.32 Å². The average molecular weight is 393 g/mol. The number of benzene rings is 2. The summed E-state index contributed by atoms with van der Waals surface area (Å²) in [4.78, 5) is 29.0. The van der Waals surface area contributed by atoms with Gasteiger partial charge in [-0.2, -0.15) is 0 Å². The lowest BCUT2D eigenvalue weighted by atomic mass is 10.2. The molecule has 0 radical (unpaired) electrons. The van der Waals surface area contributed by atoms with E-state index in [-0.39, 0.29) is 30.5 Å². The fourth-order valence-electron chi connectivity index (χ4n) is 2.91. The van der Waals surface area contributed by atoms with E-state index in [2.05, 4.69) is 10.3 Å². The summed E-state index contributed by atoms with van der Waals surface area (Å²) in [5, 5.41) is 5.94. The minimum absolute atomic E-state index is 0.0663. The number of anilines is 1. The van der Waals surface area contributed by atoms with Crippen molar-refractivity contribution in [2.24, 2.45) is 0 Å². The maximum absolute atomic E-state index is 13.0. The van der Waals surface area contributed by atoms with E-state index in [1.807, 2.05) is 30.3 Å². The largest absolute Gasteiger partial charge is 0.302 e. The molecule has 2 aromatic carbocycles. The molecule has 0 unspecified atom stereocenters. The first-order chi connectivity index (χ1) is 13.6. The van der Waals surface area contributed by atoms with E-state index in [9.17, 15) is 14.0 Å². The van der Waals surface area contributed by atoms with Gasteiger partial charge in [0.25, 0.3) is 0 Å². The Morgan fingerprint density at radius 1 is 1.04 bits per heavy atom. The normalized spacial score (nSPS) is 10.9. The first-order valence-electron chi connectivity index (χ1n) is 8.71. The van der Waals surface area contributed by atoms with Crippen LogP contribution in [0, 0.1) is 5.82 Å². The quantitative estimate of drug-likeness (QED) is 0.521. The number of thiazole rings is 1. The zero-order valence-electron chi connectivity index (χ0n) is 14.8. The maximum atomic E-state index is 13.0. The molecule has 0 fully saturated rings. The van der Waals surface area contributed by atoms with Gasteiger partial charge in [-0.05, 0) is 36.4 Å². The molecule has 7 heteroatoms. The predicted octanol–water partition coefficient (Wildman–Crippen LogP) is 4.96. The van der Waals surface area contributed by atoms with Crippen molar-refractivity contribution < 1.29 is 14.0 Å². The highest BCUT2D eigenvalue weighted by Gasteiger charge is 2.13. The van der Waals surface area contributed by atoms with Crippen LogP contribution in [0.25, 0.3) is 22.2 Å². The monoisotopic (exact) mass is 393 g/mol. The van der Waals surface area contributed by atoms with Crippen molar-refractivity contribution in [2.45, 2.75) is 12.8 Å². The highest BCUT2D eigenvalue weighted by molar-refractivity contribution is 7.14. The second kappa shape index (κ2) is 7.74. The number of carbonyl (C=O) groups excluding carboxylic acids is 2. The van der Waals surface area contributed by atoms with Crippen molar-refractivity contribution in [3.63, 3.8) is 0 Å². The van der Waals surface area contributed by atoms with E-state index in [0.717, 1.165) is 16.5 Å². The molecular formula is C21H16FN3O2S. The Bertz CT molecular complexity index is 1150. The van der Waals surface area contributed by atoms with Crippen LogP contribution in [0.15, 0.2) is 66.2 Å². The van der Waals surface area contributed by atoms with Crippen molar-refractivity contribution >= 4 is 39.2 Å². The Hall–Kier alpha value is -3.32. The topological polar surface area (TPSA) is 64.0 Å². The van der Waals surface area contributed by atoms with Crippen molar-refractivity contribution in [2.75, 3.05) is 5.32 Å². The SMILES string of the molecule is O=C(CCC(=O)n1ccc2ccccc21)Nc1nc(-c2ccc(F)cc2)cs1. The fourth-order valence-corrected chi connectivity index (χ4v) is 3.64. The molecule has 2 aromatic heterocycles. The average Bonchev–Trinajstić information content (AvgIpc) is 3.34. The summed E-state index contributed by atoms with van der Waals surface area (Å²) in [5.41, 5.74) is 2.26.